The minimum Gasteiger partial charge on any atom is -0.381 e. The second-order valence-corrected chi connectivity index (χ2v) is 5.16. The molecule has 2 atom stereocenters. The topological polar surface area (TPSA) is 21.3 Å². The van der Waals surface area contributed by atoms with Gasteiger partial charge < -0.3 is 10.1 Å². The molecule has 1 aliphatic carbocycles. The van der Waals surface area contributed by atoms with E-state index in [1.807, 2.05) is 0 Å². The number of hydrogen-bond acceptors (Lipinski definition) is 2. The Hall–Kier alpha value is -0.0800. The minimum atomic E-state index is 0.718. The predicted octanol–water partition coefficient (Wildman–Crippen LogP) is 2.58. The number of rotatable bonds is 6. The summed E-state index contributed by atoms with van der Waals surface area (Å²) in [5.74, 6) is 1.84. The first-order valence-corrected chi connectivity index (χ1v) is 6.71. The van der Waals surface area contributed by atoms with Crippen molar-refractivity contribution in [1.29, 1.82) is 0 Å². The molecule has 15 heavy (non-hydrogen) atoms. The third-order valence-corrected chi connectivity index (χ3v) is 3.81. The molecule has 2 nitrogen and oxygen atoms in total. The molecule has 0 amide bonds. The Labute approximate surface area is 93.8 Å². The number of hydrogen-bond donors (Lipinski definition) is 1. The summed E-state index contributed by atoms with van der Waals surface area (Å²) >= 11 is 0. The van der Waals surface area contributed by atoms with Gasteiger partial charge in [0.15, 0.2) is 0 Å². The van der Waals surface area contributed by atoms with Crippen LogP contribution in [-0.2, 0) is 4.74 Å². The van der Waals surface area contributed by atoms with Gasteiger partial charge in [0.25, 0.3) is 0 Å². The third kappa shape index (κ3) is 3.76. The zero-order valence-electron chi connectivity index (χ0n) is 10.0. The number of ether oxygens (including phenoxy) is 1. The quantitative estimate of drug-likeness (QED) is 0.729. The van der Waals surface area contributed by atoms with E-state index in [1.54, 1.807) is 0 Å². The lowest BCUT2D eigenvalue weighted by Gasteiger charge is -2.31. The van der Waals surface area contributed by atoms with Crippen molar-refractivity contribution in [2.24, 2.45) is 11.8 Å². The van der Waals surface area contributed by atoms with Crippen LogP contribution < -0.4 is 5.32 Å². The largest absolute Gasteiger partial charge is 0.381 e. The van der Waals surface area contributed by atoms with Crippen molar-refractivity contribution in [3.63, 3.8) is 0 Å². The van der Waals surface area contributed by atoms with Crippen LogP contribution in [0, 0.1) is 11.8 Å². The molecule has 0 aromatic rings. The monoisotopic (exact) mass is 211 g/mol. The third-order valence-electron chi connectivity index (χ3n) is 3.81. The molecular weight excluding hydrogens is 186 g/mol. The summed E-state index contributed by atoms with van der Waals surface area (Å²) in [4.78, 5) is 0. The summed E-state index contributed by atoms with van der Waals surface area (Å²) in [5, 5.41) is 3.66. The Bertz CT molecular complexity index is 173. The lowest BCUT2D eigenvalue weighted by atomic mass is 9.90. The Morgan fingerprint density at radius 1 is 1.33 bits per heavy atom. The fourth-order valence-electron chi connectivity index (χ4n) is 2.67. The second kappa shape index (κ2) is 5.86. The highest BCUT2D eigenvalue weighted by Crippen LogP contribution is 2.35. The molecule has 0 spiro atoms. The predicted molar refractivity (Wildman–Crippen MR) is 63.0 cm³/mol. The first kappa shape index (κ1) is 11.4. The summed E-state index contributed by atoms with van der Waals surface area (Å²) in [6.45, 7) is 5.29. The minimum absolute atomic E-state index is 0.718. The van der Waals surface area contributed by atoms with Crippen LogP contribution in [0.3, 0.4) is 0 Å². The molecular formula is C13H25NO. The molecule has 2 aliphatic rings. The van der Waals surface area contributed by atoms with E-state index in [-0.39, 0.29) is 0 Å². The van der Waals surface area contributed by atoms with Gasteiger partial charge >= 0.3 is 0 Å². The van der Waals surface area contributed by atoms with Gasteiger partial charge in [-0.1, -0.05) is 19.8 Å². The zero-order chi connectivity index (χ0) is 10.5. The zero-order valence-corrected chi connectivity index (χ0v) is 10.0. The maximum Gasteiger partial charge on any atom is 0.0509 e. The molecule has 2 rings (SSSR count). The molecule has 1 aliphatic heterocycles. The summed E-state index contributed by atoms with van der Waals surface area (Å²) in [5.41, 5.74) is 0. The van der Waals surface area contributed by atoms with E-state index < -0.39 is 0 Å². The van der Waals surface area contributed by atoms with Crippen molar-refractivity contribution in [2.75, 3.05) is 19.8 Å². The van der Waals surface area contributed by atoms with E-state index in [1.165, 1.54) is 38.5 Å². The van der Waals surface area contributed by atoms with Crippen molar-refractivity contribution in [2.45, 2.75) is 51.5 Å². The molecule has 1 N–H and O–H groups in total. The van der Waals surface area contributed by atoms with Gasteiger partial charge in [-0.15, -0.1) is 0 Å². The van der Waals surface area contributed by atoms with Crippen LogP contribution in [0.5, 0.6) is 0 Å². The van der Waals surface area contributed by atoms with Gasteiger partial charge in [0, 0.05) is 12.6 Å². The van der Waals surface area contributed by atoms with E-state index >= 15 is 0 Å². The average molecular weight is 211 g/mol. The first-order chi connectivity index (χ1) is 7.40. The van der Waals surface area contributed by atoms with Gasteiger partial charge in [-0.05, 0) is 44.1 Å². The van der Waals surface area contributed by atoms with Crippen LogP contribution in [0.4, 0.5) is 0 Å². The molecule has 2 fully saturated rings. The molecule has 88 valence electrons. The molecule has 0 bridgehead atoms. The second-order valence-electron chi connectivity index (χ2n) is 5.16. The lowest BCUT2D eigenvalue weighted by Crippen LogP contribution is -2.40. The summed E-state index contributed by atoms with van der Waals surface area (Å²) in [6, 6.07) is 0.718. The van der Waals surface area contributed by atoms with E-state index in [0.717, 1.165) is 37.6 Å². The average Bonchev–Trinajstić information content (AvgIpc) is 3.09. The van der Waals surface area contributed by atoms with Crippen molar-refractivity contribution in [3.05, 3.63) is 0 Å². The van der Waals surface area contributed by atoms with Crippen LogP contribution in [0.1, 0.15) is 45.4 Å². The Kier molecular flexibility index (Phi) is 4.45. The summed E-state index contributed by atoms with van der Waals surface area (Å²) in [6.07, 6.45) is 8.40. The molecule has 1 heterocycles. The summed E-state index contributed by atoms with van der Waals surface area (Å²) < 4.78 is 5.59. The lowest BCUT2D eigenvalue weighted by molar-refractivity contribution is 0.0376. The SMILES string of the molecule is CCNC(CCC1CC1)C1CCCOC1. The fraction of sp³-hybridized carbons (Fsp3) is 1.00. The molecule has 1 saturated heterocycles. The highest BCUT2D eigenvalue weighted by molar-refractivity contribution is 4.82. The van der Waals surface area contributed by atoms with Crippen molar-refractivity contribution in [1.82, 2.24) is 5.32 Å². The fourth-order valence-corrected chi connectivity index (χ4v) is 2.67. The number of nitrogens with one attached hydrogen (secondary N) is 1. The van der Waals surface area contributed by atoms with Crippen molar-refractivity contribution in [3.8, 4) is 0 Å². The molecule has 1 saturated carbocycles. The van der Waals surface area contributed by atoms with E-state index in [4.69, 9.17) is 4.74 Å². The first-order valence-electron chi connectivity index (χ1n) is 6.71. The van der Waals surface area contributed by atoms with Gasteiger partial charge in [0.1, 0.15) is 0 Å². The van der Waals surface area contributed by atoms with E-state index in [0.29, 0.717) is 0 Å². The van der Waals surface area contributed by atoms with E-state index in [9.17, 15) is 0 Å². The van der Waals surface area contributed by atoms with Crippen molar-refractivity contribution >= 4 is 0 Å². The molecule has 2 heteroatoms. The Morgan fingerprint density at radius 2 is 2.20 bits per heavy atom. The van der Waals surface area contributed by atoms with Crippen LogP contribution >= 0.6 is 0 Å². The maximum absolute atomic E-state index is 5.59. The molecule has 0 aromatic heterocycles. The van der Waals surface area contributed by atoms with Gasteiger partial charge in [0.2, 0.25) is 0 Å². The van der Waals surface area contributed by atoms with Gasteiger partial charge in [0.05, 0.1) is 6.61 Å². The normalized spacial score (nSPS) is 29.0. The van der Waals surface area contributed by atoms with Gasteiger partial charge in [-0.3, -0.25) is 0 Å². The summed E-state index contributed by atoms with van der Waals surface area (Å²) in [7, 11) is 0. The smallest absolute Gasteiger partial charge is 0.0509 e. The van der Waals surface area contributed by atoms with Crippen LogP contribution in [-0.4, -0.2) is 25.8 Å². The van der Waals surface area contributed by atoms with Gasteiger partial charge in [-0.2, -0.15) is 0 Å². The standard InChI is InChI=1S/C13H25NO/c1-2-14-13(8-7-11-5-6-11)12-4-3-9-15-10-12/h11-14H,2-10H2,1H3. The highest BCUT2D eigenvalue weighted by atomic mass is 16.5. The van der Waals surface area contributed by atoms with Crippen LogP contribution in [0.2, 0.25) is 0 Å². The van der Waals surface area contributed by atoms with Crippen LogP contribution in [0.15, 0.2) is 0 Å². The van der Waals surface area contributed by atoms with Crippen molar-refractivity contribution < 1.29 is 4.74 Å². The molecule has 2 unspecified atom stereocenters. The maximum atomic E-state index is 5.59. The molecule has 0 aromatic carbocycles. The Morgan fingerprint density at radius 3 is 2.80 bits per heavy atom. The van der Waals surface area contributed by atoms with E-state index in [2.05, 4.69) is 12.2 Å². The Balaban J connectivity index is 1.74. The molecule has 0 radical (unpaired) electrons. The highest BCUT2D eigenvalue weighted by Gasteiger charge is 2.27. The van der Waals surface area contributed by atoms with Crippen LogP contribution in [0.25, 0.3) is 0 Å². The van der Waals surface area contributed by atoms with Gasteiger partial charge in [-0.25, -0.2) is 0 Å².